The fourth-order valence-electron chi connectivity index (χ4n) is 1.72. The average molecular weight is 239 g/mol. The molecular formula is C11H11BrO. The zero-order valence-electron chi connectivity index (χ0n) is 7.46. The Hall–Kier alpha value is -0.630. The molecule has 0 heterocycles. The molecule has 1 aliphatic rings. The number of ketones is 1. The Labute approximate surface area is 86.3 Å². The molecule has 0 radical (unpaired) electrons. The summed E-state index contributed by atoms with van der Waals surface area (Å²) in [4.78, 5) is 11.0. The predicted octanol–water partition coefficient (Wildman–Crippen LogP) is 3.14. The van der Waals surface area contributed by atoms with Gasteiger partial charge in [0, 0.05) is 10.4 Å². The van der Waals surface area contributed by atoms with Crippen LogP contribution in [0.4, 0.5) is 0 Å². The largest absolute Gasteiger partial charge is 0.300 e. The van der Waals surface area contributed by atoms with Gasteiger partial charge in [-0.3, -0.25) is 4.79 Å². The van der Waals surface area contributed by atoms with Crippen molar-refractivity contribution in [1.82, 2.24) is 0 Å². The molecule has 0 amide bonds. The van der Waals surface area contributed by atoms with Crippen LogP contribution in [0.3, 0.4) is 0 Å². The third-order valence-corrected chi connectivity index (χ3v) is 3.14. The molecule has 1 fully saturated rings. The van der Waals surface area contributed by atoms with Gasteiger partial charge in [-0.25, -0.2) is 0 Å². The summed E-state index contributed by atoms with van der Waals surface area (Å²) in [5.41, 5.74) is 1.29. The summed E-state index contributed by atoms with van der Waals surface area (Å²) < 4.78 is 1.09. The molecule has 2 rings (SSSR count). The lowest BCUT2D eigenvalue weighted by molar-refractivity contribution is -0.118. The number of halogens is 1. The van der Waals surface area contributed by atoms with Crippen molar-refractivity contribution in [2.45, 2.75) is 19.3 Å². The Morgan fingerprint density at radius 2 is 2.00 bits per heavy atom. The first-order chi connectivity index (χ1) is 6.18. The molecule has 0 bridgehead atoms. The molecular weight excluding hydrogens is 228 g/mol. The van der Waals surface area contributed by atoms with Gasteiger partial charge in [0.1, 0.15) is 5.78 Å². The Bertz CT molecular complexity index is 328. The summed E-state index contributed by atoms with van der Waals surface area (Å²) in [5.74, 6) is 1.11. The van der Waals surface area contributed by atoms with E-state index in [-0.39, 0.29) is 0 Å². The van der Waals surface area contributed by atoms with Crippen molar-refractivity contribution in [1.29, 1.82) is 0 Å². The van der Waals surface area contributed by atoms with E-state index in [1.807, 2.05) is 12.1 Å². The van der Waals surface area contributed by atoms with Gasteiger partial charge < -0.3 is 0 Å². The fraction of sp³-hybridized carbons (Fsp3) is 0.364. The number of hydrogen-bond donors (Lipinski definition) is 0. The second kappa shape index (κ2) is 3.26. The van der Waals surface area contributed by atoms with Crippen molar-refractivity contribution < 1.29 is 4.79 Å². The first-order valence-corrected chi connectivity index (χ1v) is 5.23. The van der Waals surface area contributed by atoms with E-state index in [9.17, 15) is 4.79 Å². The minimum Gasteiger partial charge on any atom is -0.300 e. The first kappa shape index (κ1) is 8.95. The quantitative estimate of drug-likeness (QED) is 0.774. The molecule has 2 heteroatoms. The number of carbonyl (C=O) groups excluding carboxylic acids is 1. The molecule has 0 N–H and O–H groups in total. The molecule has 0 saturated heterocycles. The van der Waals surface area contributed by atoms with Crippen LogP contribution in [0.5, 0.6) is 0 Å². The van der Waals surface area contributed by atoms with Crippen molar-refractivity contribution in [2.24, 2.45) is 5.92 Å². The molecule has 1 aliphatic carbocycles. The van der Waals surface area contributed by atoms with E-state index in [1.165, 1.54) is 5.56 Å². The van der Waals surface area contributed by atoms with Crippen LogP contribution in [-0.4, -0.2) is 5.78 Å². The standard InChI is InChI=1S/C11H11BrO/c1-7(13)10-6-11(10)8-2-4-9(12)5-3-8/h2-5,10-11H,6H2,1H3/t10?,11-/m0/s1. The van der Waals surface area contributed by atoms with E-state index in [4.69, 9.17) is 0 Å². The number of Topliss-reactive ketones (excluding diaryl/α,β-unsaturated/α-hetero) is 1. The van der Waals surface area contributed by atoms with E-state index < -0.39 is 0 Å². The van der Waals surface area contributed by atoms with Crippen LogP contribution in [-0.2, 0) is 4.79 Å². The average Bonchev–Trinajstić information content (AvgIpc) is 2.85. The summed E-state index contributed by atoms with van der Waals surface area (Å²) in [6, 6.07) is 8.26. The van der Waals surface area contributed by atoms with Gasteiger partial charge >= 0.3 is 0 Å². The molecule has 13 heavy (non-hydrogen) atoms. The van der Waals surface area contributed by atoms with Crippen LogP contribution in [0.15, 0.2) is 28.7 Å². The van der Waals surface area contributed by atoms with Crippen LogP contribution in [0.2, 0.25) is 0 Å². The predicted molar refractivity (Wildman–Crippen MR) is 55.7 cm³/mol. The van der Waals surface area contributed by atoms with Crippen molar-refractivity contribution in [3.05, 3.63) is 34.3 Å². The fourth-order valence-corrected chi connectivity index (χ4v) is 1.99. The highest BCUT2D eigenvalue weighted by Crippen LogP contribution is 2.47. The summed E-state index contributed by atoms with van der Waals surface area (Å²) in [5, 5.41) is 0. The second-order valence-electron chi connectivity index (χ2n) is 3.61. The summed E-state index contributed by atoms with van der Waals surface area (Å²) in [7, 11) is 0. The lowest BCUT2D eigenvalue weighted by atomic mass is 10.1. The van der Waals surface area contributed by atoms with E-state index in [2.05, 4.69) is 28.1 Å². The summed E-state index contributed by atoms with van der Waals surface area (Å²) in [6.07, 6.45) is 1.04. The zero-order valence-corrected chi connectivity index (χ0v) is 9.04. The van der Waals surface area contributed by atoms with E-state index >= 15 is 0 Å². The third-order valence-electron chi connectivity index (χ3n) is 2.61. The molecule has 1 saturated carbocycles. The highest BCUT2D eigenvalue weighted by Gasteiger charge is 2.41. The number of hydrogen-bond acceptors (Lipinski definition) is 1. The normalized spacial score (nSPS) is 25.7. The monoisotopic (exact) mass is 238 g/mol. The molecule has 1 nitrogen and oxygen atoms in total. The van der Waals surface area contributed by atoms with Gasteiger partial charge in [-0.2, -0.15) is 0 Å². The van der Waals surface area contributed by atoms with Gasteiger partial charge in [0.25, 0.3) is 0 Å². The van der Waals surface area contributed by atoms with Crippen LogP contribution in [0, 0.1) is 5.92 Å². The van der Waals surface area contributed by atoms with Gasteiger partial charge in [0.2, 0.25) is 0 Å². The molecule has 1 aromatic rings. The number of benzene rings is 1. The maximum absolute atomic E-state index is 11.0. The third kappa shape index (κ3) is 1.83. The van der Waals surface area contributed by atoms with Crippen LogP contribution >= 0.6 is 15.9 Å². The summed E-state index contributed by atoms with van der Waals surface area (Å²) in [6.45, 7) is 1.68. The molecule has 1 unspecified atom stereocenters. The molecule has 68 valence electrons. The second-order valence-corrected chi connectivity index (χ2v) is 4.53. The highest BCUT2D eigenvalue weighted by molar-refractivity contribution is 9.10. The Morgan fingerprint density at radius 3 is 2.46 bits per heavy atom. The van der Waals surface area contributed by atoms with Gasteiger partial charge in [-0.1, -0.05) is 28.1 Å². The Balaban J connectivity index is 2.12. The highest BCUT2D eigenvalue weighted by atomic mass is 79.9. The van der Waals surface area contributed by atoms with E-state index in [0.717, 1.165) is 10.9 Å². The maximum atomic E-state index is 11.0. The molecule has 0 spiro atoms. The number of rotatable bonds is 2. The van der Waals surface area contributed by atoms with Crippen LogP contribution in [0.1, 0.15) is 24.8 Å². The zero-order chi connectivity index (χ0) is 9.42. The maximum Gasteiger partial charge on any atom is 0.133 e. The summed E-state index contributed by atoms with van der Waals surface area (Å²) >= 11 is 3.39. The van der Waals surface area contributed by atoms with Gasteiger partial charge in [-0.15, -0.1) is 0 Å². The van der Waals surface area contributed by atoms with Crippen molar-refractivity contribution in [2.75, 3.05) is 0 Å². The molecule has 2 atom stereocenters. The topological polar surface area (TPSA) is 17.1 Å². The lowest BCUT2D eigenvalue weighted by Crippen LogP contribution is -1.94. The van der Waals surface area contributed by atoms with Crippen molar-refractivity contribution in [3.8, 4) is 0 Å². The van der Waals surface area contributed by atoms with Gasteiger partial charge in [-0.05, 0) is 37.0 Å². The van der Waals surface area contributed by atoms with E-state index in [1.54, 1.807) is 6.92 Å². The van der Waals surface area contributed by atoms with Gasteiger partial charge in [0.05, 0.1) is 0 Å². The van der Waals surface area contributed by atoms with Crippen LogP contribution < -0.4 is 0 Å². The first-order valence-electron chi connectivity index (χ1n) is 4.44. The van der Waals surface area contributed by atoms with Crippen molar-refractivity contribution >= 4 is 21.7 Å². The van der Waals surface area contributed by atoms with Gasteiger partial charge in [0.15, 0.2) is 0 Å². The number of carbonyl (C=O) groups is 1. The van der Waals surface area contributed by atoms with Crippen LogP contribution in [0.25, 0.3) is 0 Å². The lowest BCUT2D eigenvalue weighted by Gasteiger charge is -1.98. The molecule has 1 aromatic carbocycles. The Morgan fingerprint density at radius 1 is 1.38 bits per heavy atom. The SMILES string of the molecule is CC(=O)C1C[C@H]1c1ccc(Br)cc1. The minimum absolute atomic E-state index is 0.293. The van der Waals surface area contributed by atoms with E-state index in [0.29, 0.717) is 17.6 Å². The Kier molecular flexibility index (Phi) is 2.24. The molecule has 0 aliphatic heterocycles. The smallest absolute Gasteiger partial charge is 0.133 e. The molecule has 0 aromatic heterocycles. The minimum atomic E-state index is 0.293. The van der Waals surface area contributed by atoms with Crippen molar-refractivity contribution in [3.63, 3.8) is 0 Å².